The first-order valence-electron chi connectivity index (χ1n) is 12.1. The van der Waals surface area contributed by atoms with Crippen LogP contribution in [0.15, 0.2) is 108 Å². The maximum absolute atomic E-state index is 13.8. The molecule has 5 aromatic rings. The number of nitrogens with zero attached hydrogens (tertiary/aromatic N) is 2. The molecule has 0 spiro atoms. The average Bonchev–Trinajstić information content (AvgIpc) is 2.92. The fraction of sp³-hybridized carbons (Fsp3) is 0.129. The lowest BCUT2D eigenvalue weighted by Gasteiger charge is -2.15. The predicted molar refractivity (Wildman–Crippen MR) is 145 cm³/mol. The topological polar surface area (TPSA) is 64.0 Å². The molecule has 0 bridgehead atoms. The minimum absolute atomic E-state index is 0.0955. The number of nitrogens with one attached hydrogen (secondary N) is 1. The summed E-state index contributed by atoms with van der Waals surface area (Å²) in [6.07, 6.45) is 0.915. The summed E-state index contributed by atoms with van der Waals surface area (Å²) in [5, 5.41) is 3.33. The highest BCUT2D eigenvalue weighted by Crippen LogP contribution is 2.21. The monoisotopic (exact) mass is 473 g/mol. The van der Waals surface area contributed by atoms with Gasteiger partial charge < -0.3 is 5.32 Å². The zero-order chi connectivity index (χ0) is 24.9. The third kappa shape index (κ3) is 5.10. The second-order valence-corrected chi connectivity index (χ2v) is 8.78. The molecule has 1 N–H and O–H groups in total. The molecule has 0 fully saturated rings. The molecule has 1 amide bonds. The van der Waals surface area contributed by atoms with Crippen LogP contribution in [0.3, 0.4) is 0 Å². The summed E-state index contributed by atoms with van der Waals surface area (Å²) in [4.78, 5) is 30.5. The van der Waals surface area contributed by atoms with E-state index in [0.717, 1.165) is 22.3 Å². The summed E-state index contributed by atoms with van der Waals surface area (Å²) in [5.41, 5.74) is 5.49. The molecule has 0 aliphatic heterocycles. The fourth-order valence-corrected chi connectivity index (χ4v) is 4.29. The van der Waals surface area contributed by atoms with E-state index in [1.165, 1.54) is 0 Å². The Labute approximate surface area is 210 Å². The molecule has 0 saturated heterocycles. The van der Waals surface area contributed by atoms with Gasteiger partial charge >= 0.3 is 0 Å². The van der Waals surface area contributed by atoms with Gasteiger partial charge in [-0.05, 0) is 40.5 Å². The maximum atomic E-state index is 13.8. The highest BCUT2D eigenvalue weighted by Gasteiger charge is 2.14. The van der Waals surface area contributed by atoms with E-state index in [2.05, 4.69) is 41.7 Å². The van der Waals surface area contributed by atoms with Crippen LogP contribution in [0, 0.1) is 0 Å². The standard InChI is InChI=1S/C31H27N3O2/c1-2-30(35)32-26-17-18-28-27(20-26)31(36)34(29(33-28)19-22-9-5-3-6-10-22)21-23-13-15-25(16-14-23)24-11-7-4-8-12-24/h3-18,20H,2,19,21H2,1H3,(H,32,35). The Bertz CT molecular complexity index is 1560. The molecule has 0 unspecified atom stereocenters. The van der Waals surface area contributed by atoms with Crippen molar-refractivity contribution in [1.82, 2.24) is 9.55 Å². The van der Waals surface area contributed by atoms with Crippen molar-refractivity contribution in [2.45, 2.75) is 26.3 Å². The molecular weight excluding hydrogens is 446 g/mol. The number of carbonyl (C=O) groups is 1. The minimum atomic E-state index is -0.120. The lowest BCUT2D eigenvalue weighted by molar-refractivity contribution is -0.115. The van der Waals surface area contributed by atoms with Gasteiger partial charge in [0.2, 0.25) is 5.91 Å². The first kappa shape index (κ1) is 23.2. The highest BCUT2D eigenvalue weighted by atomic mass is 16.1. The van der Waals surface area contributed by atoms with Crippen molar-refractivity contribution >= 4 is 22.5 Å². The Kier molecular flexibility index (Phi) is 6.72. The minimum Gasteiger partial charge on any atom is -0.326 e. The van der Waals surface area contributed by atoms with Crippen LogP contribution in [0.25, 0.3) is 22.0 Å². The van der Waals surface area contributed by atoms with E-state index < -0.39 is 0 Å². The number of hydrogen-bond donors (Lipinski definition) is 1. The number of benzene rings is 4. The molecule has 0 aliphatic rings. The Morgan fingerprint density at radius 2 is 1.47 bits per heavy atom. The van der Waals surface area contributed by atoms with E-state index in [-0.39, 0.29) is 11.5 Å². The van der Waals surface area contributed by atoms with Crippen LogP contribution in [0.1, 0.15) is 30.3 Å². The van der Waals surface area contributed by atoms with Crippen molar-refractivity contribution < 1.29 is 4.79 Å². The lowest BCUT2D eigenvalue weighted by atomic mass is 10.0. The van der Waals surface area contributed by atoms with Crippen molar-refractivity contribution in [2.75, 3.05) is 5.32 Å². The average molecular weight is 474 g/mol. The zero-order valence-electron chi connectivity index (χ0n) is 20.1. The van der Waals surface area contributed by atoms with E-state index in [0.29, 0.717) is 41.8 Å². The van der Waals surface area contributed by atoms with Crippen LogP contribution in [-0.4, -0.2) is 15.5 Å². The Morgan fingerprint density at radius 3 is 2.17 bits per heavy atom. The summed E-state index contributed by atoms with van der Waals surface area (Å²) < 4.78 is 1.75. The number of aromatic nitrogens is 2. The van der Waals surface area contributed by atoms with Gasteiger partial charge in [0, 0.05) is 18.5 Å². The summed E-state index contributed by atoms with van der Waals surface area (Å²) in [6, 6.07) is 33.9. The van der Waals surface area contributed by atoms with Crippen LogP contribution >= 0.6 is 0 Å². The quantitative estimate of drug-likeness (QED) is 0.313. The molecule has 36 heavy (non-hydrogen) atoms. The number of carbonyl (C=O) groups excluding carboxylic acids is 1. The Hall–Kier alpha value is -4.51. The number of amides is 1. The molecule has 178 valence electrons. The smallest absolute Gasteiger partial charge is 0.261 e. The molecule has 0 aliphatic carbocycles. The first-order valence-corrected chi connectivity index (χ1v) is 12.1. The van der Waals surface area contributed by atoms with Gasteiger partial charge in [-0.25, -0.2) is 4.98 Å². The van der Waals surface area contributed by atoms with E-state index in [1.54, 1.807) is 29.7 Å². The van der Waals surface area contributed by atoms with Gasteiger partial charge in [0.1, 0.15) is 5.82 Å². The van der Waals surface area contributed by atoms with Crippen LogP contribution in [0.2, 0.25) is 0 Å². The Balaban J connectivity index is 1.55. The predicted octanol–water partition coefficient (Wildman–Crippen LogP) is 6.05. The van der Waals surface area contributed by atoms with E-state index >= 15 is 0 Å². The molecule has 5 heteroatoms. The van der Waals surface area contributed by atoms with Gasteiger partial charge in [-0.1, -0.05) is 91.9 Å². The van der Waals surface area contributed by atoms with Crippen molar-refractivity contribution in [2.24, 2.45) is 0 Å². The highest BCUT2D eigenvalue weighted by molar-refractivity contribution is 5.93. The van der Waals surface area contributed by atoms with Gasteiger partial charge in [0.25, 0.3) is 5.56 Å². The molecular formula is C31H27N3O2. The summed E-state index contributed by atoms with van der Waals surface area (Å²) in [5.74, 6) is 0.609. The Morgan fingerprint density at radius 1 is 0.806 bits per heavy atom. The molecule has 5 nitrogen and oxygen atoms in total. The van der Waals surface area contributed by atoms with E-state index in [4.69, 9.17) is 4.98 Å². The fourth-order valence-electron chi connectivity index (χ4n) is 4.29. The first-order chi connectivity index (χ1) is 17.6. The number of fused-ring (bicyclic) bond motifs is 1. The van der Waals surface area contributed by atoms with Crippen LogP contribution in [-0.2, 0) is 17.8 Å². The maximum Gasteiger partial charge on any atom is 0.261 e. The third-order valence-corrected chi connectivity index (χ3v) is 6.24. The molecule has 4 aromatic carbocycles. The molecule has 0 radical (unpaired) electrons. The van der Waals surface area contributed by atoms with Crippen molar-refractivity contribution in [3.8, 4) is 11.1 Å². The number of hydrogen-bond acceptors (Lipinski definition) is 3. The number of rotatable bonds is 7. The summed E-state index contributed by atoms with van der Waals surface area (Å²) >= 11 is 0. The van der Waals surface area contributed by atoms with Crippen LogP contribution in [0.4, 0.5) is 5.69 Å². The van der Waals surface area contributed by atoms with Gasteiger partial charge in [-0.2, -0.15) is 0 Å². The molecule has 0 saturated carbocycles. The van der Waals surface area contributed by atoms with Gasteiger partial charge in [-0.15, -0.1) is 0 Å². The second-order valence-electron chi connectivity index (χ2n) is 8.78. The van der Waals surface area contributed by atoms with Gasteiger partial charge in [0.05, 0.1) is 17.4 Å². The third-order valence-electron chi connectivity index (χ3n) is 6.24. The summed E-state index contributed by atoms with van der Waals surface area (Å²) in [6.45, 7) is 2.20. The number of anilines is 1. The lowest BCUT2D eigenvalue weighted by Crippen LogP contribution is -2.26. The molecule has 0 atom stereocenters. The largest absolute Gasteiger partial charge is 0.326 e. The molecule has 5 rings (SSSR count). The van der Waals surface area contributed by atoms with Gasteiger partial charge in [0.15, 0.2) is 0 Å². The normalized spacial score (nSPS) is 10.9. The summed E-state index contributed by atoms with van der Waals surface area (Å²) in [7, 11) is 0. The van der Waals surface area contributed by atoms with E-state index in [1.807, 2.05) is 48.5 Å². The second kappa shape index (κ2) is 10.4. The van der Waals surface area contributed by atoms with Crippen LogP contribution < -0.4 is 10.9 Å². The SMILES string of the molecule is CCC(=O)Nc1ccc2nc(Cc3ccccc3)n(Cc3ccc(-c4ccccc4)cc3)c(=O)c2c1. The molecule has 1 aromatic heterocycles. The zero-order valence-corrected chi connectivity index (χ0v) is 20.1. The van der Waals surface area contributed by atoms with Crippen molar-refractivity contribution in [3.05, 3.63) is 130 Å². The van der Waals surface area contributed by atoms with Gasteiger partial charge in [-0.3, -0.25) is 14.2 Å². The van der Waals surface area contributed by atoms with E-state index in [9.17, 15) is 9.59 Å². The molecule has 1 heterocycles. The van der Waals surface area contributed by atoms with Crippen LogP contribution in [0.5, 0.6) is 0 Å². The van der Waals surface area contributed by atoms with Crippen molar-refractivity contribution in [3.63, 3.8) is 0 Å². The van der Waals surface area contributed by atoms with Crippen molar-refractivity contribution in [1.29, 1.82) is 0 Å².